The highest BCUT2D eigenvalue weighted by molar-refractivity contribution is 7.76. The van der Waals surface area contributed by atoms with Crippen LogP contribution in [-0.2, 0) is 62.8 Å². The predicted molar refractivity (Wildman–Crippen MR) is 303 cm³/mol. The van der Waals surface area contributed by atoms with Crippen molar-refractivity contribution < 1.29 is 52.4 Å². The van der Waals surface area contributed by atoms with Gasteiger partial charge in [-0.25, -0.2) is 24.0 Å². The van der Waals surface area contributed by atoms with E-state index in [-0.39, 0.29) is 11.5 Å². The van der Waals surface area contributed by atoms with Gasteiger partial charge in [0.1, 0.15) is 28.6 Å². The van der Waals surface area contributed by atoms with Crippen molar-refractivity contribution in [3.05, 3.63) is 157 Å². The summed E-state index contributed by atoms with van der Waals surface area (Å²) >= 11 is 4.88. The molecular formula is C48H41Cl2N10O12S6-. The number of thiazole rings is 2. The van der Waals surface area contributed by atoms with Crippen LogP contribution in [0.2, 0.25) is 10.0 Å². The molecule has 5 aromatic carbocycles. The number of aryl methyl sites for hydroxylation is 7. The topological polar surface area (TPSA) is 290 Å². The quantitative estimate of drug-likeness (QED) is 0.0244. The summed E-state index contributed by atoms with van der Waals surface area (Å²) in [5.74, 6) is 1.35. The van der Waals surface area contributed by atoms with Crippen LogP contribution in [0.4, 0.5) is 45.3 Å². The van der Waals surface area contributed by atoms with E-state index in [1.165, 1.54) is 11.3 Å². The molecule has 78 heavy (non-hydrogen) atoms. The normalized spacial score (nSPS) is 12.8. The first-order chi connectivity index (χ1) is 37.1. The molecule has 0 aliphatic carbocycles. The van der Waals surface area contributed by atoms with Crippen molar-refractivity contribution in [3.8, 4) is 16.4 Å². The number of fused-ring (bicyclic) bond motifs is 2. The second kappa shape index (κ2) is 26.6. The molecule has 4 N–H and O–H groups in total. The zero-order valence-corrected chi connectivity index (χ0v) is 47.9. The van der Waals surface area contributed by atoms with Crippen molar-refractivity contribution in [2.75, 3.05) is 10.2 Å². The van der Waals surface area contributed by atoms with E-state index in [9.17, 15) is 21.4 Å². The molecule has 406 valence electrons. The van der Waals surface area contributed by atoms with Gasteiger partial charge in [0.05, 0.1) is 32.7 Å². The van der Waals surface area contributed by atoms with E-state index in [2.05, 4.69) is 98.2 Å². The minimum atomic E-state index is -2.91. The van der Waals surface area contributed by atoms with E-state index in [1.807, 2.05) is 79.7 Å². The third-order valence-corrected chi connectivity index (χ3v) is 14.2. The summed E-state index contributed by atoms with van der Waals surface area (Å²) in [5.41, 5.74) is 12.7. The molecule has 0 amide bonds. The van der Waals surface area contributed by atoms with Crippen LogP contribution >= 0.6 is 45.9 Å². The van der Waals surface area contributed by atoms with Crippen molar-refractivity contribution >= 4 is 157 Å². The lowest BCUT2D eigenvalue weighted by atomic mass is 10.0. The molecule has 4 heterocycles. The smallest absolute Gasteiger partial charge is 0.332 e. The average molecular weight is 1210 g/mol. The number of hydrogen-bond donors (Lipinski definition) is 4. The Balaban J connectivity index is 0.000000480. The fourth-order valence-corrected chi connectivity index (χ4v) is 10.9. The molecular weight excluding hydrogens is 1170 g/mol. The van der Waals surface area contributed by atoms with Crippen LogP contribution < -0.4 is 10.2 Å². The SMILES string of the molecule is O=S(O)OOS(=O)O.O=S([O-])OOS(=O)O.[C-]#[N+]c1c(-c2ccccc2)nn(-c2nc3cc(Cl)ccc3s2)c1N=Nc1c(C)cc(N(c2nc3cc(Cl)ccc3s2)c2c(C)cc(C)cc2C)nc1Nc1c(C)cc(C)cc1C. The van der Waals surface area contributed by atoms with Crippen LogP contribution in [0.25, 0.3) is 41.7 Å². The van der Waals surface area contributed by atoms with Gasteiger partial charge in [-0.2, -0.15) is 22.4 Å². The van der Waals surface area contributed by atoms with Crippen molar-refractivity contribution in [1.82, 2.24) is 24.7 Å². The second-order valence-electron chi connectivity index (χ2n) is 16.4. The Morgan fingerprint density at radius 2 is 1.22 bits per heavy atom. The van der Waals surface area contributed by atoms with Crippen molar-refractivity contribution in [2.24, 2.45) is 10.2 Å². The second-order valence-corrected chi connectivity index (χ2v) is 21.6. The van der Waals surface area contributed by atoms with Gasteiger partial charge in [0.2, 0.25) is 5.13 Å². The summed E-state index contributed by atoms with van der Waals surface area (Å²) in [7, 11) is 0. The molecule has 0 bridgehead atoms. The number of nitrogens with zero attached hydrogens (tertiary/aromatic N) is 9. The van der Waals surface area contributed by atoms with Crippen molar-refractivity contribution in [2.45, 2.75) is 48.5 Å². The van der Waals surface area contributed by atoms with Gasteiger partial charge in [-0.15, -0.1) is 14.6 Å². The van der Waals surface area contributed by atoms with Gasteiger partial charge in [-0.05, 0) is 124 Å². The van der Waals surface area contributed by atoms with E-state index in [0.717, 1.165) is 75.9 Å². The van der Waals surface area contributed by atoms with Gasteiger partial charge in [0.15, 0.2) is 16.8 Å². The summed E-state index contributed by atoms with van der Waals surface area (Å²) in [6.07, 6.45) is 0. The van der Waals surface area contributed by atoms with Gasteiger partial charge < -0.3 is 9.87 Å². The summed E-state index contributed by atoms with van der Waals surface area (Å²) in [6.45, 7) is 23.0. The van der Waals surface area contributed by atoms with Crippen molar-refractivity contribution in [1.29, 1.82) is 0 Å². The van der Waals surface area contributed by atoms with Crippen LogP contribution in [0, 0.1) is 55.0 Å². The zero-order valence-electron chi connectivity index (χ0n) is 41.5. The third kappa shape index (κ3) is 14.9. The fraction of sp³-hybridized carbons (Fsp3) is 0.146. The number of hydrogen-bond acceptors (Lipinski definition) is 19. The largest absolute Gasteiger partial charge is 0.747 e. The van der Waals surface area contributed by atoms with Crippen molar-refractivity contribution in [3.63, 3.8) is 0 Å². The Hall–Kier alpha value is -6.21. The van der Waals surface area contributed by atoms with Crippen LogP contribution in [-0.4, -0.2) is 59.8 Å². The highest BCUT2D eigenvalue weighted by Gasteiger charge is 2.27. The molecule has 0 aliphatic heterocycles. The Kier molecular flexibility index (Phi) is 20.3. The van der Waals surface area contributed by atoms with Gasteiger partial charge in [-0.3, -0.25) is 18.6 Å². The molecule has 0 fully saturated rings. The number of nitrogens with one attached hydrogen (secondary N) is 1. The predicted octanol–water partition coefficient (Wildman–Crippen LogP) is 13.9. The molecule has 22 nitrogen and oxygen atoms in total. The highest BCUT2D eigenvalue weighted by Crippen LogP contribution is 2.47. The maximum absolute atomic E-state index is 9.42. The average Bonchev–Trinajstić information content (AvgIpc) is 4.23. The molecule has 0 spiro atoms. The van der Waals surface area contributed by atoms with Gasteiger partial charge in [0.25, 0.3) is 5.69 Å². The van der Waals surface area contributed by atoms with E-state index < -0.39 is 45.4 Å². The Morgan fingerprint density at radius 1 is 0.679 bits per heavy atom. The number of pyridine rings is 1. The zero-order chi connectivity index (χ0) is 56.5. The standard InChI is InChI=1S/C48H38Cl2N10S2.2H2O6S2/c1-25-18-27(3)40(28(4)19-25)55-45-41(29(5)22-39(54-45)59(44-30(6)20-26(2)21-31(44)7)47-52-35-23-33(49)14-16-37(35)61-47)56-57-46-43(51-8)42(32-12-10-9-11-13-32)58-60(46)48-53-36-24-34(50)15-17-38(36)62-48;2*1-7(2)5-6-8(3)4/h9-24H,1-7H3,(H,54,55);2*(H,1,2)(H,3,4)/p-1. The molecule has 0 saturated carbocycles. The Labute approximate surface area is 473 Å². The maximum Gasteiger partial charge on any atom is 0.332 e. The summed E-state index contributed by atoms with van der Waals surface area (Å²) < 4.78 is 86.3. The number of anilines is 5. The molecule has 4 unspecified atom stereocenters. The molecule has 4 atom stereocenters. The van der Waals surface area contributed by atoms with Crippen LogP contribution in [0.1, 0.15) is 38.9 Å². The van der Waals surface area contributed by atoms with E-state index in [1.54, 1.807) is 16.0 Å². The van der Waals surface area contributed by atoms with E-state index in [0.29, 0.717) is 43.7 Å². The molecule has 9 rings (SSSR count). The number of rotatable bonds is 15. The molecule has 0 saturated heterocycles. The monoisotopic (exact) mass is 1210 g/mol. The lowest BCUT2D eigenvalue weighted by Gasteiger charge is -2.27. The van der Waals surface area contributed by atoms with Gasteiger partial charge >= 0.3 is 34.1 Å². The molecule has 0 aliphatic rings. The van der Waals surface area contributed by atoms with E-state index in [4.69, 9.17) is 73.7 Å². The fourth-order valence-electron chi connectivity index (χ4n) is 7.98. The lowest BCUT2D eigenvalue weighted by molar-refractivity contribution is -0.0885. The Morgan fingerprint density at radius 3 is 1.76 bits per heavy atom. The van der Waals surface area contributed by atoms with Crippen LogP contribution in [0.15, 0.2) is 107 Å². The summed E-state index contributed by atoms with van der Waals surface area (Å²) in [4.78, 5) is 21.5. The minimum Gasteiger partial charge on any atom is -0.747 e. The molecule has 4 aromatic heterocycles. The first kappa shape index (κ1) is 59.5. The maximum atomic E-state index is 9.42. The van der Waals surface area contributed by atoms with Crippen LogP contribution in [0.3, 0.4) is 0 Å². The summed E-state index contributed by atoms with van der Waals surface area (Å²) in [5, 5.41) is 20.9. The Bertz CT molecular complexity index is 3770. The van der Waals surface area contributed by atoms with E-state index >= 15 is 0 Å². The number of aromatic nitrogens is 5. The molecule has 0 radical (unpaired) electrons. The molecule has 9 aromatic rings. The number of azo groups is 1. The third-order valence-electron chi connectivity index (χ3n) is 10.8. The lowest BCUT2D eigenvalue weighted by Crippen LogP contribution is -2.15. The number of halogens is 2. The summed E-state index contributed by atoms with van der Waals surface area (Å²) in [6, 6.07) is 31.6. The minimum absolute atomic E-state index is 0.238. The van der Waals surface area contributed by atoms with Gasteiger partial charge in [-0.1, -0.05) is 125 Å². The first-order valence-corrected chi connectivity index (χ1v) is 28.6. The highest BCUT2D eigenvalue weighted by atomic mass is 35.5. The van der Waals surface area contributed by atoms with Gasteiger partial charge in [0, 0.05) is 15.7 Å². The van der Waals surface area contributed by atoms with Crippen LogP contribution in [0.5, 0.6) is 0 Å². The number of benzene rings is 5. The molecule has 30 heteroatoms. The first-order valence-electron chi connectivity index (χ1n) is 22.1.